The minimum Gasteiger partial charge on any atom is -0.396 e. The molecule has 100 valence electrons. The molecule has 4 heteroatoms. The molecular weight excluding hydrogens is 233 g/mol. The van der Waals surface area contributed by atoms with Gasteiger partial charge in [-0.3, -0.25) is 4.90 Å². The quantitative estimate of drug-likeness (QED) is 0.869. The van der Waals surface area contributed by atoms with Gasteiger partial charge in [-0.05, 0) is 31.7 Å². The highest BCUT2D eigenvalue weighted by Crippen LogP contribution is 2.30. The molecule has 1 saturated heterocycles. The molecule has 0 aliphatic carbocycles. The summed E-state index contributed by atoms with van der Waals surface area (Å²) in [6, 6.07) is 6.76. The second-order valence-electron chi connectivity index (χ2n) is 5.29. The van der Waals surface area contributed by atoms with Crippen LogP contribution >= 0.6 is 0 Å². The zero-order chi connectivity index (χ0) is 13.2. The molecular formula is C14H20FNO2. The van der Waals surface area contributed by atoms with E-state index in [0.29, 0.717) is 13.2 Å². The van der Waals surface area contributed by atoms with E-state index in [1.165, 1.54) is 12.1 Å². The molecule has 1 unspecified atom stereocenters. The van der Waals surface area contributed by atoms with E-state index in [1.807, 2.05) is 7.05 Å². The van der Waals surface area contributed by atoms with Crippen LogP contribution in [0.4, 0.5) is 4.39 Å². The topological polar surface area (TPSA) is 32.7 Å². The lowest BCUT2D eigenvalue weighted by Crippen LogP contribution is -2.52. The highest BCUT2D eigenvalue weighted by Gasteiger charge is 2.39. The molecule has 18 heavy (non-hydrogen) atoms. The van der Waals surface area contributed by atoms with Crippen molar-refractivity contribution >= 4 is 0 Å². The number of hydrogen-bond acceptors (Lipinski definition) is 3. The summed E-state index contributed by atoms with van der Waals surface area (Å²) in [5, 5.41) is 9.42. The van der Waals surface area contributed by atoms with Crippen molar-refractivity contribution in [2.24, 2.45) is 5.41 Å². The molecule has 0 amide bonds. The van der Waals surface area contributed by atoms with Gasteiger partial charge in [0.05, 0.1) is 25.2 Å². The molecule has 0 bridgehead atoms. The number of nitrogens with zero attached hydrogens (tertiary/aromatic N) is 1. The third kappa shape index (κ3) is 2.71. The van der Waals surface area contributed by atoms with E-state index in [-0.39, 0.29) is 23.9 Å². The maximum atomic E-state index is 12.9. The summed E-state index contributed by atoms with van der Waals surface area (Å²) < 4.78 is 18.1. The average Bonchev–Trinajstić information content (AvgIpc) is 2.33. The first-order valence-corrected chi connectivity index (χ1v) is 6.21. The van der Waals surface area contributed by atoms with Gasteiger partial charge in [0, 0.05) is 12.6 Å². The third-order valence-electron chi connectivity index (χ3n) is 3.75. The molecule has 1 heterocycles. The van der Waals surface area contributed by atoms with E-state index in [4.69, 9.17) is 4.74 Å². The fourth-order valence-corrected chi connectivity index (χ4v) is 2.29. The van der Waals surface area contributed by atoms with Gasteiger partial charge in [-0.15, -0.1) is 0 Å². The maximum Gasteiger partial charge on any atom is 0.123 e. The highest BCUT2D eigenvalue weighted by atomic mass is 19.1. The molecule has 1 fully saturated rings. The van der Waals surface area contributed by atoms with Crippen LogP contribution in [0.5, 0.6) is 0 Å². The number of benzene rings is 1. The highest BCUT2D eigenvalue weighted by molar-refractivity contribution is 5.19. The monoisotopic (exact) mass is 253 g/mol. The van der Waals surface area contributed by atoms with Crippen molar-refractivity contribution in [2.45, 2.75) is 13.0 Å². The number of aliphatic hydroxyl groups excluding tert-OH is 1. The van der Waals surface area contributed by atoms with E-state index in [1.54, 1.807) is 12.1 Å². The second-order valence-corrected chi connectivity index (χ2v) is 5.29. The predicted molar refractivity (Wildman–Crippen MR) is 67.8 cm³/mol. The minimum absolute atomic E-state index is 0.122. The van der Waals surface area contributed by atoms with Crippen LogP contribution in [-0.4, -0.2) is 43.4 Å². The Morgan fingerprint density at radius 1 is 1.39 bits per heavy atom. The lowest BCUT2D eigenvalue weighted by molar-refractivity contribution is -0.149. The van der Waals surface area contributed by atoms with E-state index < -0.39 is 0 Å². The normalized spacial score (nSPS) is 19.6. The van der Waals surface area contributed by atoms with Gasteiger partial charge >= 0.3 is 0 Å². The fraction of sp³-hybridized carbons (Fsp3) is 0.571. The number of aliphatic hydroxyl groups is 1. The molecule has 0 aromatic heterocycles. The summed E-state index contributed by atoms with van der Waals surface area (Å²) >= 11 is 0. The van der Waals surface area contributed by atoms with Crippen molar-refractivity contribution in [2.75, 3.05) is 33.4 Å². The van der Waals surface area contributed by atoms with Crippen molar-refractivity contribution in [3.63, 3.8) is 0 Å². The first-order chi connectivity index (χ1) is 8.56. The lowest BCUT2D eigenvalue weighted by atomic mass is 9.86. The van der Waals surface area contributed by atoms with E-state index in [2.05, 4.69) is 11.8 Å². The molecule has 0 radical (unpaired) electrons. The summed E-state index contributed by atoms with van der Waals surface area (Å²) in [6.07, 6.45) is 0. The Kier molecular flexibility index (Phi) is 4.00. The summed E-state index contributed by atoms with van der Waals surface area (Å²) in [6.45, 7) is 4.24. The van der Waals surface area contributed by atoms with Gasteiger partial charge in [-0.1, -0.05) is 12.1 Å². The van der Waals surface area contributed by atoms with Gasteiger partial charge in [0.15, 0.2) is 0 Å². The van der Waals surface area contributed by atoms with E-state index in [9.17, 15) is 9.50 Å². The van der Waals surface area contributed by atoms with Gasteiger partial charge in [-0.25, -0.2) is 4.39 Å². The second kappa shape index (κ2) is 5.34. The van der Waals surface area contributed by atoms with E-state index in [0.717, 1.165) is 12.1 Å². The van der Waals surface area contributed by atoms with Crippen LogP contribution in [0.2, 0.25) is 0 Å². The number of hydrogen-bond donors (Lipinski definition) is 1. The Labute approximate surface area is 107 Å². The molecule has 1 atom stereocenters. The molecule has 0 spiro atoms. The summed E-state index contributed by atoms with van der Waals surface area (Å²) in [4.78, 5) is 2.17. The zero-order valence-corrected chi connectivity index (χ0v) is 10.9. The fourth-order valence-electron chi connectivity index (χ4n) is 2.29. The Morgan fingerprint density at radius 3 is 2.44 bits per heavy atom. The summed E-state index contributed by atoms with van der Waals surface area (Å²) in [7, 11) is 2.02. The molecule has 0 saturated carbocycles. The van der Waals surface area contributed by atoms with Gasteiger partial charge in [0.1, 0.15) is 5.82 Å². The van der Waals surface area contributed by atoms with Crippen LogP contribution in [0.15, 0.2) is 24.3 Å². The van der Waals surface area contributed by atoms with Gasteiger partial charge in [0.25, 0.3) is 0 Å². The first-order valence-electron chi connectivity index (χ1n) is 6.21. The SMILES string of the molecule is CC(c1ccc(F)cc1)N(C)CC1(CO)COC1. The van der Waals surface area contributed by atoms with Crippen LogP contribution in [-0.2, 0) is 4.74 Å². The zero-order valence-electron chi connectivity index (χ0n) is 10.9. The Balaban J connectivity index is 2.00. The molecule has 1 N–H and O–H groups in total. The average molecular weight is 253 g/mol. The van der Waals surface area contributed by atoms with Gasteiger partial charge in [0.2, 0.25) is 0 Å². The standard InChI is InChI=1S/C14H20FNO2/c1-11(12-3-5-13(15)6-4-12)16(2)7-14(8-17)9-18-10-14/h3-6,11,17H,7-10H2,1-2H3. The number of ether oxygens (including phenoxy) is 1. The van der Waals surface area contributed by atoms with Gasteiger partial charge in [-0.2, -0.15) is 0 Å². The van der Waals surface area contributed by atoms with Crippen LogP contribution in [0.3, 0.4) is 0 Å². The lowest BCUT2D eigenvalue weighted by Gasteiger charge is -2.43. The molecule has 1 aliphatic rings. The van der Waals surface area contributed by atoms with Crippen LogP contribution in [0.25, 0.3) is 0 Å². The van der Waals surface area contributed by atoms with Crippen molar-refractivity contribution in [3.8, 4) is 0 Å². The van der Waals surface area contributed by atoms with Crippen molar-refractivity contribution in [1.29, 1.82) is 0 Å². The van der Waals surface area contributed by atoms with Crippen LogP contribution < -0.4 is 0 Å². The van der Waals surface area contributed by atoms with Gasteiger partial charge < -0.3 is 9.84 Å². The number of halogens is 1. The summed E-state index contributed by atoms with van der Waals surface area (Å²) in [5.74, 6) is -0.215. The first kappa shape index (κ1) is 13.5. The molecule has 1 aromatic carbocycles. The van der Waals surface area contributed by atoms with Crippen LogP contribution in [0, 0.1) is 11.2 Å². The number of rotatable bonds is 5. The Bertz CT molecular complexity index is 384. The maximum absolute atomic E-state index is 12.9. The minimum atomic E-state index is -0.215. The Morgan fingerprint density at radius 2 is 2.00 bits per heavy atom. The molecule has 1 aliphatic heterocycles. The Hall–Kier alpha value is -0.970. The smallest absolute Gasteiger partial charge is 0.123 e. The third-order valence-corrected chi connectivity index (χ3v) is 3.75. The van der Waals surface area contributed by atoms with Crippen molar-refractivity contribution < 1.29 is 14.2 Å². The van der Waals surface area contributed by atoms with E-state index >= 15 is 0 Å². The van der Waals surface area contributed by atoms with Crippen LogP contribution in [0.1, 0.15) is 18.5 Å². The molecule has 3 nitrogen and oxygen atoms in total. The molecule has 1 aromatic rings. The molecule has 2 rings (SSSR count). The summed E-state index contributed by atoms with van der Waals surface area (Å²) in [5.41, 5.74) is 0.954. The predicted octanol–water partition coefficient (Wildman–Crippen LogP) is 1.83. The largest absolute Gasteiger partial charge is 0.396 e. The van der Waals surface area contributed by atoms with Crippen molar-refractivity contribution in [3.05, 3.63) is 35.6 Å². The van der Waals surface area contributed by atoms with Crippen molar-refractivity contribution in [1.82, 2.24) is 4.90 Å².